The molecule has 4 rings (SSSR count). The van der Waals surface area contributed by atoms with Crippen molar-refractivity contribution >= 4 is 31.9 Å². The number of fused-ring (bicyclic) bond motifs is 2. The number of carbonyl (C=O) groups is 1. The molecule has 0 aromatic heterocycles. The second kappa shape index (κ2) is 9.90. The molecule has 0 saturated heterocycles. The summed E-state index contributed by atoms with van der Waals surface area (Å²) in [6, 6.07) is 7.53. The number of ether oxygens (including phenoxy) is 4. The monoisotopic (exact) mass is 579 g/mol. The average Bonchev–Trinajstić information content (AvgIpc) is 3.32. The molecular weight excluding hydrogens is 559 g/mol. The minimum absolute atomic E-state index is 0.000238. The van der Waals surface area contributed by atoms with E-state index < -0.39 is 60.1 Å². The highest BCUT2D eigenvalue weighted by Gasteiger charge is 2.52. The van der Waals surface area contributed by atoms with Gasteiger partial charge in [-0.15, -0.1) is 0 Å². The smallest absolute Gasteiger partial charge is 0.494 e. The highest BCUT2D eigenvalue weighted by molar-refractivity contribution is 7.89. The molecule has 2 aromatic rings. The van der Waals surface area contributed by atoms with Gasteiger partial charge < -0.3 is 23.1 Å². The topological polar surface area (TPSA) is 135 Å². The first-order valence-electron chi connectivity index (χ1n) is 10.8. The maximum atomic E-state index is 13.7. The van der Waals surface area contributed by atoms with Crippen LogP contribution in [0.25, 0.3) is 5.76 Å². The molecule has 38 heavy (non-hydrogen) atoms. The number of carbonyl (C=O) groups excluding carboxylic acids is 1. The fraction of sp³-hybridized carbons (Fsp3) is 0.318. The van der Waals surface area contributed by atoms with Crippen LogP contribution in [0, 0.1) is 0 Å². The van der Waals surface area contributed by atoms with Gasteiger partial charge in [-0.1, -0.05) is 13.0 Å². The first kappa shape index (κ1) is 27.4. The minimum Gasteiger partial charge on any atom is -0.494 e. The van der Waals surface area contributed by atoms with Gasteiger partial charge in [0.25, 0.3) is 10.0 Å². The molecule has 0 bridgehead atoms. The molecule has 0 fully saturated rings. The second-order valence-electron chi connectivity index (χ2n) is 7.86. The number of halogens is 3. The van der Waals surface area contributed by atoms with Crippen LogP contribution < -0.4 is 14.2 Å². The van der Waals surface area contributed by atoms with E-state index in [1.807, 2.05) is 0 Å². The van der Waals surface area contributed by atoms with Crippen molar-refractivity contribution in [3.05, 3.63) is 53.2 Å². The molecule has 0 unspecified atom stereocenters. The van der Waals surface area contributed by atoms with E-state index in [9.17, 15) is 34.8 Å². The van der Waals surface area contributed by atoms with Crippen LogP contribution in [0.15, 0.2) is 47.0 Å². The first-order valence-corrected chi connectivity index (χ1v) is 13.7. The van der Waals surface area contributed by atoms with Crippen LogP contribution in [-0.4, -0.2) is 53.1 Å². The lowest BCUT2D eigenvalue weighted by molar-refractivity contribution is -0.137. The SMILES string of the molecule is CCCOc1ccc2c(c1)C(OS(=O)(=O)C(F)(F)F)=C(C(=O)OC)N(Cc1ccc3c(c1)OCO3)S2(=O)=O. The van der Waals surface area contributed by atoms with Crippen molar-refractivity contribution < 1.29 is 57.9 Å². The third-order valence-electron chi connectivity index (χ3n) is 5.32. The Morgan fingerprint density at radius 1 is 1.11 bits per heavy atom. The van der Waals surface area contributed by atoms with Gasteiger partial charge in [-0.05, 0) is 42.3 Å². The molecule has 2 heterocycles. The Hall–Kier alpha value is -3.66. The lowest BCUT2D eigenvalue weighted by Gasteiger charge is -2.32. The van der Waals surface area contributed by atoms with Gasteiger partial charge in [0.2, 0.25) is 6.79 Å². The lowest BCUT2D eigenvalue weighted by atomic mass is 10.1. The average molecular weight is 580 g/mol. The van der Waals surface area contributed by atoms with Gasteiger partial charge >= 0.3 is 21.6 Å². The van der Waals surface area contributed by atoms with Gasteiger partial charge in [-0.3, -0.25) is 4.31 Å². The van der Waals surface area contributed by atoms with Gasteiger partial charge in [0.1, 0.15) is 5.75 Å². The van der Waals surface area contributed by atoms with E-state index in [1.165, 1.54) is 24.3 Å². The number of benzene rings is 2. The number of methoxy groups -OCH3 is 1. The predicted octanol–water partition coefficient (Wildman–Crippen LogP) is 3.12. The summed E-state index contributed by atoms with van der Waals surface area (Å²) in [5.41, 5.74) is -7.38. The molecule has 0 atom stereocenters. The van der Waals surface area contributed by atoms with Crippen LogP contribution in [0.5, 0.6) is 17.2 Å². The number of sulfonamides is 1. The summed E-state index contributed by atoms with van der Waals surface area (Å²) in [6.07, 6.45) is 0.535. The standard InChI is InChI=1S/C22H20F3NO10S2/c1-3-8-33-14-5-7-18-15(10-14)20(36-38(30,31)22(23,24)25)19(21(27)32-2)26(37(18,28)29)11-13-4-6-16-17(9-13)35-12-34-16/h4-7,9-10H,3,8,11-12H2,1-2H3. The van der Waals surface area contributed by atoms with Crippen LogP contribution >= 0.6 is 0 Å². The van der Waals surface area contributed by atoms with Crippen molar-refractivity contribution in [1.29, 1.82) is 0 Å². The number of hydrogen-bond acceptors (Lipinski definition) is 10. The summed E-state index contributed by atoms with van der Waals surface area (Å²) >= 11 is 0. The third-order valence-corrected chi connectivity index (χ3v) is 8.08. The zero-order chi connectivity index (χ0) is 27.9. The fourth-order valence-corrected chi connectivity index (χ4v) is 5.71. The quantitative estimate of drug-likeness (QED) is 0.261. The molecule has 0 radical (unpaired) electrons. The molecule has 0 spiro atoms. The van der Waals surface area contributed by atoms with Crippen LogP contribution in [0.3, 0.4) is 0 Å². The Morgan fingerprint density at radius 3 is 2.47 bits per heavy atom. The van der Waals surface area contributed by atoms with Gasteiger partial charge in [-0.2, -0.15) is 21.6 Å². The normalized spacial score (nSPS) is 16.2. The third kappa shape index (κ3) is 4.92. The van der Waals surface area contributed by atoms with E-state index in [1.54, 1.807) is 6.92 Å². The highest BCUT2D eigenvalue weighted by atomic mass is 32.2. The summed E-state index contributed by atoms with van der Waals surface area (Å²) in [5.74, 6) is -2.03. The van der Waals surface area contributed by atoms with E-state index in [2.05, 4.69) is 8.92 Å². The Morgan fingerprint density at radius 2 is 1.82 bits per heavy atom. The maximum absolute atomic E-state index is 13.7. The molecule has 0 aliphatic carbocycles. The first-order chi connectivity index (χ1) is 17.8. The molecule has 16 heteroatoms. The molecule has 206 valence electrons. The zero-order valence-electron chi connectivity index (χ0n) is 19.8. The highest BCUT2D eigenvalue weighted by Crippen LogP contribution is 2.43. The van der Waals surface area contributed by atoms with Gasteiger partial charge in [0, 0.05) is 5.56 Å². The Bertz CT molecular complexity index is 1520. The second-order valence-corrected chi connectivity index (χ2v) is 11.2. The fourth-order valence-electron chi connectivity index (χ4n) is 3.60. The molecule has 2 aliphatic rings. The molecular formula is C22H20F3NO10S2. The number of rotatable bonds is 8. The van der Waals surface area contributed by atoms with E-state index in [0.29, 0.717) is 16.5 Å². The Kier molecular flexibility index (Phi) is 7.13. The van der Waals surface area contributed by atoms with Crippen LogP contribution in [0.1, 0.15) is 24.5 Å². The lowest BCUT2D eigenvalue weighted by Crippen LogP contribution is -2.39. The van der Waals surface area contributed by atoms with Crippen molar-refractivity contribution in [1.82, 2.24) is 4.31 Å². The molecule has 2 aliphatic heterocycles. The van der Waals surface area contributed by atoms with E-state index in [4.69, 9.17) is 14.2 Å². The van der Waals surface area contributed by atoms with Gasteiger partial charge in [-0.25, -0.2) is 13.2 Å². The largest absolute Gasteiger partial charge is 0.534 e. The molecule has 0 saturated carbocycles. The molecule has 2 aromatic carbocycles. The van der Waals surface area contributed by atoms with Crippen LogP contribution in [-0.2, 0) is 40.4 Å². The Balaban J connectivity index is 1.96. The van der Waals surface area contributed by atoms with Crippen molar-refractivity contribution in [2.75, 3.05) is 20.5 Å². The van der Waals surface area contributed by atoms with Crippen molar-refractivity contribution in [3.63, 3.8) is 0 Å². The molecule has 0 amide bonds. The molecule has 11 nitrogen and oxygen atoms in total. The summed E-state index contributed by atoms with van der Waals surface area (Å²) in [6.45, 7) is 1.22. The van der Waals surface area contributed by atoms with Crippen molar-refractivity contribution in [3.8, 4) is 17.2 Å². The number of alkyl halides is 3. The number of hydrogen-bond donors (Lipinski definition) is 0. The van der Waals surface area contributed by atoms with Crippen molar-refractivity contribution in [2.24, 2.45) is 0 Å². The van der Waals surface area contributed by atoms with Crippen LogP contribution in [0.2, 0.25) is 0 Å². The van der Waals surface area contributed by atoms with E-state index in [0.717, 1.165) is 19.2 Å². The summed E-state index contributed by atoms with van der Waals surface area (Å²) in [5, 5.41) is 0. The summed E-state index contributed by atoms with van der Waals surface area (Å²) < 4.78 is 117. The zero-order valence-corrected chi connectivity index (χ0v) is 21.4. The van der Waals surface area contributed by atoms with E-state index in [-0.39, 0.29) is 30.5 Å². The van der Waals surface area contributed by atoms with Crippen molar-refractivity contribution in [2.45, 2.75) is 30.3 Å². The summed E-state index contributed by atoms with van der Waals surface area (Å²) in [7, 11) is -10.2. The van der Waals surface area contributed by atoms with E-state index >= 15 is 0 Å². The van der Waals surface area contributed by atoms with Crippen LogP contribution in [0.4, 0.5) is 13.2 Å². The minimum atomic E-state index is -6.35. The predicted molar refractivity (Wildman–Crippen MR) is 123 cm³/mol. The van der Waals surface area contributed by atoms with Gasteiger partial charge in [0.05, 0.1) is 25.2 Å². The van der Waals surface area contributed by atoms with Gasteiger partial charge in [0.15, 0.2) is 23.0 Å². The number of esters is 1. The molecule has 0 N–H and O–H groups in total. The number of nitrogens with zero attached hydrogens (tertiary/aromatic N) is 1. The Labute approximate surface area is 215 Å². The summed E-state index contributed by atoms with van der Waals surface area (Å²) in [4.78, 5) is 12.2. The maximum Gasteiger partial charge on any atom is 0.534 e.